The van der Waals surface area contributed by atoms with Crippen LogP contribution >= 0.6 is 0 Å². The van der Waals surface area contributed by atoms with Crippen molar-refractivity contribution in [2.24, 2.45) is 0 Å². The van der Waals surface area contributed by atoms with Gasteiger partial charge in [0.05, 0.1) is 0 Å². The molecule has 0 N–H and O–H groups in total. The summed E-state index contributed by atoms with van der Waals surface area (Å²) in [6.45, 7) is 20.9. The molecule has 1 nitrogen and oxygen atoms in total. The first-order valence-corrected chi connectivity index (χ1v) is 18.2. The Labute approximate surface area is 291 Å². The van der Waals surface area contributed by atoms with Gasteiger partial charge in [-0.25, -0.2) is 0 Å². The Morgan fingerprint density at radius 2 is 1.02 bits per heavy atom. The molecule has 0 bridgehead atoms. The number of benzene rings is 5. The maximum Gasteiger partial charge on any atom is 0.120 e. The minimum absolute atomic E-state index is 0.0445. The van der Waals surface area contributed by atoms with Crippen LogP contribution < -0.4 is 4.90 Å². The predicted molar refractivity (Wildman–Crippen MR) is 212 cm³/mol. The highest BCUT2D eigenvalue weighted by molar-refractivity contribution is 6.21. The third-order valence-corrected chi connectivity index (χ3v) is 11.9. The van der Waals surface area contributed by atoms with Crippen LogP contribution in [0.3, 0.4) is 0 Å². The molecule has 0 aliphatic heterocycles. The van der Waals surface area contributed by atoms with Crippen LogP contribution in [-0.2, 0) is 16.1 Å². The van der Waals surface area contributed by atoms with Crippen LogP contribution in [0.15, 0.2) is 109 Å². The molecule has 0 saturated carbocycles. The summed E-state index contributed by atoms with van der Waals surface area (Å²) < 4.78 is 0. The van der Waals surface area contributed by atoms with Crippen molar-refractivity contribution < 1.29 is 0 Å². The summed E-state index contributed by atoms with van der Waals surface area (Å²) in [6.07, 6.45) is 3.38. The van der Waals surface area contributed by atoms with Gasteiger partial charge in [0.2, 0.25) is 0 Å². The van der Waals surface area contributed by atoms with Crippen molar-refractivity contribution in [2.75, 3.05) is 4.90 Å². The van der Waals surface area contributed by atoms with Crippen molar-refractivity contribution in [3.63, 3.8) is 0 Å². The maximum atomic E-state index is 2.48. The molecule has 0 amide bonds. The Kier molecular flexibility index (Phi) is 9.01. The molecule has 0 radical (unpaired) electrons. The number of hydrogen-bond donors (Lipinski definition) is 0. The van der Waals surface area contributed by atoms with Gasteiger partial charge in [-0.05, 0) is 128 Å². The Balaban J connectivity index is 1.35. The molecule has 0 saturated heterocycles. The SMILES string of the molecule is BC1(C)c2cc(-c3ccc(N(c4ccc(C(C)CC)cc4)c4ccc(C(C)(C)CC)cc4)cc3)ccc2-c2ccc(C(C)(C)CC)cc21. The van der Waals surface area contributed by atoms with E-state index in [1.807, 2.05) is 0 Å². The monoisotopic (exact) mass is 631 g/mol. The second kappa shape index (κ2) is 12.8. The average Bonchev–Trinajstić information content (AvgIpc) is 3.34. The fraction of sp³-hybridized carbons (Fsp3) is 0.348. The standard InChI is InChI=1S/C46H54BN/c1-10-31(4)32-13-21-37(22-14-32)48(39-25-18-35(19-26-39)44(5,6)11-2)38-23-15-33(16-24-38)34-17-27-40-41-28-20-36(45(7,8)12-3)30-43(41)46(9,47)42(40)29-34/h13-31H,10-12,47H2,1-9H3. The van der Waals surface area contributed by atoms with Gasteiger partial charge in [-0.3, -0.25) is 0 Å². The van der Waals surface area contributed by atoms with E-state index in [2.05, 4.69) is 184 Å². The Morgan fingerprint density at radius 1 is 0.583 bits per heavy atom. The second-order valence-electron chi connectivity index (χ2n) is 16.0. The molecule has 2 unspecified atom stereocenters. The molecule has 0 fully saturated rings. The van der Waals surface area contributed by atoms with Crippen LogP contribution in [-0.4, -0.2) is 7.85 Å². The number of anilines is 3. The summed E-state index contributed by atoms with van der Waals surface area (Å²) in [5, 5.41) is -0.0445. The molecule has 5 aromatic rings. The maximum absolute atomic E-state index is 2.48. The van der Waals surface area contributed by atoms with Gasteiger partial charge in [0, 0.05) is 17.1 Å². The summed E-state index contributed by atoms with van der Waals surface area (Å²) in [4.78, 5) is 2.39. The highest BCUT2D eigenvalue weighted by Crippen LogP contribution is 2.49. The van der Waals surface area contributed by atoms with Crippen LogP contribution in [0.1, 0.15) is 115 Å². The quantitative estimate of drug-likeness (QED) is 0.139. The first kappa shape index (κ1) is 33.9. The van der Waals surface area contributed by atoms with E-state index in [1.165, 1.54) is 61.4 Å². The molecular weight excluding hydrogens is 577 g/mol. The number of fused-ring (bicyclic) bond motifs is 3. The van der Waals surface area contributed by atoms with Gasteiger partial charge in [-0.15, -0.1) is 0 Å². The fourth-order valence-corrected chi connectivity index (χ4v) is 7.25. The minimum atomic E-state index is -0.0445. The van der Waals surface area contributed by atoms with Crippen molar-refractivity contribution >= 4 is 24.9 Å². The van der Waals surface area contributed by atoms with Crippen molar-refractivity contribution in [2.45, 2.75) is 104 Å². The molecule has 6 rings (SSSR count). The van der Waals surface area contributed by atoms with Crippen LogP contribution in [0.2, 0.25) is 0 Å². The second-order valence-corrected chi connectivity index (χ2v) is 16.0. The predicted octanol–water partition coefficient (Wildman–Crippen LogP) is 12.6. The van der Waals surface area contributed by atoms with Crippen molar-refractivity contribution in [1.82, 2.24) is 0 Å². The van der Waals surface area contributed by atoms with Crippen LogP contribution in [0.4, 0.5) is 17.1 Å². The smallest absolute Gasteiger partial charge is 0.120 e. The summed E-state index contributed by atoms with van der Waals surface area (Å²) in [5.74, 6) is 0.553. The van der Waals surface area contributed by atoms with E-state index in [0.717, 1.165) is 24.9 Å². The molecule has 0 spiro atoms. The Bertz CT molecular complexity index is 1890. The van der Waals surface area contributed by atoms with Gasteiger partial charge in [-0.1, -0.05) is 135 Å². The average molecular weight is 632 g/mol. The molecule has 1 aliphatic carbocycles. The van der Waals surface area contributed by atoms with E-state index in [9.17, 15) is 0 Å². The highest BCUT2D eigenvalue weighted by Gasteiger charge is 2.36. The van der Waals surface area contributed by atoms with E-state index in [4.69, 9.17) is 0 Å². The molecule has 0 heterocycles. The summed E-state index contributed by atoms with van der Waals surface area (Å²) >= 11 is 0. The van der Waals surface area contributed by atoms with E-state index < -0.39 is 0 Å². The third-order valence-electron chi connectivity index (χ3n) is 11.9. The first-order chi connectivity index (χ1) is 22.8. The van der Waals surface area contributed by atoms with Gasteiger partial charge in [0.25, 0.3) is 0 Å². The zero-order valence-corrected chi connectivity index (χ0v) is 31.0. The van der Waals surface area contributed by atoms with Gasteiger partial charge in [0.15, 0.2) is 0 Å². The minimum Gasteiger partial charge on any atom is -0.311 e. The van der Waals surface area contributed by atoms with Crippen LogP contribution in [0, 0.1) is 0 Å². The molecule has 5 aromatic carbocycles. The largest absolute Gasteiger partial charge is 0.311 e. The van der Waals surface area contributed by atoms with E-state index in [0.29, 0.717) is 5.92 Å². The Morgan fingerprint density at radius 3 is 1.56 bits per heavy atom. The fourth-order valence-electron chi connectivity index (χ4n) is 7.25. The van der Waals surface area contributed by atoms with Gasteiger partial charge >= 0.3 is 0 Å². The summed E-state index contributed by atoms with van der Waals surface area (Å²) in [6, 6.07) is 41.8. The van der Waals surface area contributed by atoms with Gasteiger partial charge in [-0.2, -0.15) is 0 Å². The number of nitrogens with zero attached hydrogens (tertiary/aromatic N) is 1. The van der Waals surface area contributed by atoms with E-state index >= 15 is 0 Å². The van der Waals surface area contributed by atoms with Crippen molar-refractivity contribution in [3.8, 4) is 22.3 Å². The van der Waals surface area contributed by atoms with E-state index in [-0.39, 0.29) is 16.1 Å². The first-order valence-electron chi connectivity index (χ1n) is 18.2. The van der Waals surface area contributed by atoms with Crippen LogP contribution in [0.5, 0.6) is 0 Å². The molecule has 0 aromatic heterocycles. The Hall–Kier alpha value is -4.04. The molecule has 2 atom stereocenters. The summed E-state index contributed by atoms with van der Waals surface area (Å²) in [5.41, 5.74) is 16.2. The zero-order valence-electron chi connectivity index (χ0n) is 31.0. The molecule has 246 valence electrons. The van der Waals surface area contributed by atoms with Gasteiger partial charge in [0.1, 0.15) is 7.85 Å². The van der Waals surface area contributed by atoms with Crippen molar-refractivity contribution in [1.29, 1.82) is 0 Å². The lowest BCUT2D eigenvalue weighted by Gasteiger charge is -2.28. The molecule has 2 heteroatoms. The third kappa shape index (κ3) is 6.04. The normalized spacial score (nSPS) is 16.4. The molecule has 48 heavy (non-hydrogen) atoms. The lowest BCUT2D eigenvalue weighted by Crippen LogP contribution is -2.22. The van der Waals surface area contributed by atoms with Crippen LogP contribution in [0.25, 0.3) is 22.3 Å². The van der Waals surface area contributed by atoms with Crippen molar-refractivity contribution in [3.05, 3.63) is 137 Å². The molecule has 1 aliphatic rings. The molecular formula is C46H54BN. The highest BCUT2D eigenvalue weighted by atomic mass is 15.1. The van der Waals surface area contributed by atoms with Gasteiger partial charge < -0.3 is 4.90 Å². The lowest BCUT2D eigenvalue weighted by molar-refractivity contribution is 0.505. The van der Waals surface area contributed by atoms with E-state index in [1.54, 1.807) is 0 Å². The lowest BCUT2D eigenvalue weighted by atomic mass is 9.63. The zero-order chi connectivity index (χ0) is 34.4. The number of rotatable bonds is 10. The summed E-state index contributed by atoms with van der Waals surface area (Å²) in [7, 11) is 2.39. The topological polar surface area (TPSA) is 3.24 Å². The number of hydrogen-bond acceptors (Lipinski definition) is 1.